The number of hydrogen-bond acceptors (Lipinski definition) is 3. The first-order chi connectivity index (χ1) is 11.9. The summed E-state index contributed by atoms with van der Waals surface area (Å²) in [6.45, 7) is 11.4. The highest BCUT2D eigenvalue weighted by molar-refractivity contribution is 14.0. The Labute approximate surface area is 176 Å². The van der Waals surface area contributed by atoms with E-state index in [2.05, 4.69) is 20.9 Å². The summed E-state index contributed by atoms with van der Waals surface area (Å²) in [5, 5.41) is 9.41. The number of halogens is 1. The zero-order valence-corrected chi connectivity index (χ0v) is 19.4. The Morgan fingerprint density at radius 2 is 1.73 bits per heavy atom. The van der Waals surface area contributed by atoms with Gasteiger partial charge in [0, 0.05) is 38.2 Å². The van der Waals surface area contributed by atoms with Crippen LogP contribution in [0.15, 0.2) is 4.99 Å². The molecule has 1 aliphatic carbocycles. The molecule has 1 rings (SSSR count). The van der Waals surface area contributed by atoms with E-state index in [1.54, 1.807) is 0 Å². The molecule has 154 valence electrons. The van der Waals surface area contributed by atoms with Crippen LogP contribution >= 0.6 is 24.0 Å². The molecule has 6 nitrogen and oxygen atoms in total. The third kappa shape index (κ3) is 11.9. The number of amides is 1. The lowest BCUT2D eigenvalue weighted by atomic mass is 9.96. The SMILES string of the molecule is CCNC(=NCCCOC1CCCCC1)NCCNC(=O)C(C)(C)C.I. The van der Waals surface area contributed by atoms with Gasteiger partial charge in [0.15, 0.2) is 5.96 Å². The average Bonchev–Trinajstić information content (AvgIpc) is 2.58. The molecule has 0 spiro atoms. The summed E-state index contributed by atoms with van der Waals surface area (Å²) in [6.07, 6.45) is 7.81. The van der Waals surface area contributed by atoms with Crippen LogP contribution in [0.2, 0.25) is 0 Å². The fourth-order valence-corrected chi connectivity index (χ4v) is 2.70. The summed E-state index contributed by atoms with van der Waals surface area (Å²) in [7, 11) is 0. The predicted molar refractivity (Wildman–Crippen MR) is 119 cm³/mol. The van der Waals surface area contributed by atoms with E-state index in [1.165, 1.54) is 32.1 Å². The second kappa shape index (κ2) is 14.5. The van der Waals surface area contributed by atoms with Gasteiger partial charge in [-0.25, -0.2) is 0 Å². The zero-order chi connectivity index (χ0) is 18.5. The van der Waals surface area contributed by atoms with Crippen molar-refractivity contribution in [1.82, 2.24) is 16.0 Å². The summed E-state index contributed by atoms with van der Waals surface area (Å²) in [6, 6.07) is 0. The Balaban J connectivity index is 0.00000625. The van der Waals surface area contributed by atoms with Crippen molar-refractivity contribution >= 4 is 35.8 Å². The van der Waals surface area contributed by atoms with Crippen LogP contribution in [0.3, 0.4) is 0 Å². The van der Waals surface area contributed by atoms with Crippen molar-refractivity contribution in [2.75, 3.05) is 32.8 Å². The quantitative estimate of drug-likeness (QED) is 0.204. The van der Waals surface area contributed by atoms with Crippen molar-refractivity contribution in [3.63, 3.8) is 0 Å². The predicted octanol–water partition coefficient (Wildman–Crippen LogP) is 3.06. The van der Waals surface area contributed by atoms with Crippen LogP contribution in [-0.4, -0.2) is 50.8 Å². The first kappa shape index (κ1) is 25.4. The van der Waals surface area contributed by atoms with E-state index in [1.807, 2.05) is 27.7 Å². The summed E-state index contributed by atoms with van der Waals surface area (Å²) < 4.78 is 5.92. The third-order valence-electron chi connectivity index (χ3n) is 4.21. The Kier molecular flexibility index (Phi) is 14.2. The minimum atomic E-state index is -0.350. The molecule has 26 heavy (non-hydrogen) atoms. The number of aliphatic imine (C=N–C) groups is 1. The molecule has 1 amide bonds. The second-order valence-corrected chi connectivity index (χ2v) is 7.68. The fourth-order valence-electron chi connectivity index (χ4n) is 2.70. The Bertz CT molecular complexity index is 405. The van der Waals surface area contributed by atoms with Crippen molar-refractivity contribution in [1.29, 1.82) is 0 Å². The molecule has 1 saturated carbocycles. The molecule has 0 heterocycles. The molecule has 0 radical (unpaired) electrons. The highest BCUT2D eigenvalue weighted by Crippen LogP contribution is 2.20. The topological polar surface area (TPSA) is 74.8 Å². The number of hydrogen-bond donors (Lipinski definition) is 3. The van der Waals surface area contributed by atoms with Gasteiger partial charge in [0.25, 0.3) is 0 Å². The van der Waals surface area contributed by atoms with Crippen LogP contribution in [0.1, 0.15) is 66.2 Å². The number of guanidine groups is 1. The molecule has 7 heteroatoms. The summed E-state index contributed by atoms with van der Waals surface area (Å²) >= 11 is 0. The summed E-state index contributed by atoms with van der Waals surface area (Å²) in [4.78, 5) is 16.4. The smallest absolute Gasteiger partial charge is 0.225 e. The Hall–Kier alpha value is -0.570. The van der Waals surface area contributed by atoms with E-state index in [9.17, 15) is 4.79 Å². The molecule has 0 aromatic rings. The number of nitrogens with one attached hydrogen (secondary N) is 3. The lowest BCUT2D eigenvalue weighted by Gasteiger charge is -2.21. The van der Waals surface area contributed by atoms with Crippen LogP contribution in [0.25, 0.3) is 0 Å². The molecule has 0 aliphatic heterocycles. The summed E-state index contributed by atoms with van der Waals surface area (Å²) in [5.41, 5.74) is -0.350. The van der Waals surface area contributed by atoms with Crippen molar-refractivity contribution in [3.05, 3.63) is 0 Å². The first-order valence-electron chi connectivity index (χ1n) is 9.85. The number of carbonyl (C=O) groups excluding carboxylic acids is 1. The number of ether oxygens (including phenoxy) is 1. The van der Waals surface area contributed by atoms with Crippen molar-refractivity contribution in [2.45, 2.75) is 72.3 Å². The minimum absolute atomic E-state index is 0. The highest BCUT2D eigenvalue weighted by Gasteiger charge is 2.20. The average molecular weight is 482 g/mol. The first-order valence-corrected chi connectivity index (χ1v) is 9.85. The maximum atomic E-state index is 11.8. The number of rotatable bonds is 9. The maximum Gasteiger partial charge on any atom is 0.225 e. The Morgan fingerprint density at radius 1 is 1.08 bits per heavy atom. The normalized spacial score (nSPS) is 15.9. The van der Waals surface area contributed by atoms with E-state index >= 15 is 0 Å². The minimum Gasteiger partial charge on any atom is -0.378 e. The van der Waals surface area contributed by atoms with Crippen LogP contribution < -0.4 is 16.0 Å². The van der Waals surface area contributed by atoms with Gasteiger partial charge in [-0.1, -0.05) is 40.0 Å². The van der Waals surface area contributed by atoms with Crippen LogP contribution in [0.4, 0.5) is 0 Å². The van der Waals surface area contributed by atoms with Gasteiger partial charge in [-0.3, -0.25) is 9.79 Å². The van der Waals surface area contributed by atoms with E-state index < -0.39 is 0 Å². The van der Waals surface area contributed by atoms with Crippen LogP contribution in [0.5, 0.6) is 0 Å². The van der Waals surface area contributed by atoms with Crippen molar-refractivity contribution in [3.8, 4) is 0 Å². The largest absolute Gasteiger partial charge is 0.378 e. The molecule has 0 saturated heterocycles. The molecule has 3 N–H and O–H groups in total. The van der Waals surface area contributed by atoms with Gasteiger partial charge in [0.2, 0.25) is 5.91 Å². The monoisotopic (exact) mass is 482 g/mol. The van der Waals surface area contributed by atoms with Crippen LogP contribution in [0, 0.1) is 5.41 Å². The molecular weight excluding hydrogens is 443 g/mol. The maximum absolute atomic E-state index is 11.8. The van der Waals surface area contributed by atoms with Gasteiger partial charge in [-0.15, -0.1) is 24.0 Å². The van der Waals surface area contributed by atoms with Gasteiger partial charge in [0.1, 0.15) is 0 Å². The van der Waals surface area contributed by atoms with E-state index in [4.69, 9.17) is 4.74 Å². The molecule has 0 aromatic carbocycles. The van der Waals surface area contributed by atoms with Gasteiger partial charge >= 0.3 is 0 Å². The van der Waals surface area contributed by atoms with E-state index in [-0.39, 0.29) is 35.3 Å². The molecule has 0 aromatic heterocycles. The van der Waals surface area contributed by atoms with Crippen LogP contribution in [-0.2, 0) is 9.53 Å². The third-order valence-corrected chi connectivity index (χ3v) is 4.21. The van der Waals surface area contributed by atoms with Gasteiger partial charge in [0.05, 0.1) is 6.10 Å². The fraction of sp³-hybridized carbons (Fsp3) is 0.895. The van der Waals surface area contributed by atoms with Gasteiger partial charge in [-0.2, -0.15) is 0 Å². The molecular formula is C19H39IN4O2. The zero-order valence-electron chi connectivity index (χ0n) is 17.0. The lowest BCUT2D eigenvalue weighted by molar-refractivity contribution is -0.128. The molecule has 0 unspecified atom stereocenters. The highest BCUT2D eigenvalue weighted by atomic mass is 127. The van der Waals surface area contributed by atoms with E-state index in [0.717, 1.165) is 32.1 Å². The lowest BCUT2D eigenvalue weighted by Crippen LogP contribution is -2.43. The van der Waals surface area contributed by atoms with Gasteiger partial charge in [-0.05, 0) is 26.2 Å². The van der Waals surface area contributed by atoms with Crippen molar-refractivity contribution < 1.29 is 9.53 Å². The molecule has 1 aliphatic rings. The molecule has 0 atom stereocenters. The second-order valence-electron chi connectivity index (χ2n) is 7.68. The number of carbonyl (C=O) groups is 1. The molecule has 1 fully saturated rings. The van der Waals surface area contributed by atoms with Gasteiger partial charge < -0.3 is 20.7 Å². The summed E-state index contributed by atoms with van der Waals surface area (Å²) in [5.74, 6) is 0.862. The van der Waals surface area contributed by atoms with Crippen molar-refractivity contribution in [2.24, 2.45) is 10.4 Å². The van der Waals surface area contributed by atoms with E-state index in [0.29, 0.717) is 19.2 Å². The standard InChI is InChI=1S/C19H38N4O2.HI/c1-5-20-18(23-14-13-21-17(24)19(2,3)4)22-12-9-15-25-16-10-7-6-8-11-16;/h16H,5-15H2,1-4H3,(H,21,24)(H2,20,22,23);1H. The molecule has 0 bridgehead atoms. The number of nitrogens with zero attached hydrogens (tertiary/aromatic N) is 1. The Morgan fingerprint density at radius 3 is 2.35 bits per heavy atom.